The van der Waals surface area contributed by atoms with E-state index in [-0.39, 0.29) is 6.03 Å². The lowest BCUT2D eigenvalue weighted by Crippen LogP contribution is -2.50. The number of imidazole rings is 1. The highest BCUT2D eigenvalue weighted by atomic mass is 16.2. The van der Waals surface area contributed by atoms with Gasteiger partial charge in [-0.3, -0.25) is 4.90 Å². The Hall–Kier alpha value is -2.93. The number of hydrogen-bond donors (Lipinski definition) is 1. The molecule has 1 N–H and O–H groups in total. The smallest absolute Gasteiger partial charge is 0.321 e. The van der Waals surface area contributed by atoms with Gasteiger partial charge in [-0.15, -0.1) is 0 Å². The molecule has 29 heavy (non-hydrogen) atoms. The van der Waals surface area contributed by atoms with Crippen molar-refractivity contribution in [3.63, 3.8) is 0 Å². The number of pyridine rings is 1. The summed E-state index contributed by atoms with van der Waals surface area (Å²) in [6.07, 6.45) is 1.81. The maximum Gasteiger partial charge on any atom is 0.321 e. The molecule has 0 radical (unpaired) electrons. The number of piperazine rings is 1. The molecule has 0 atom stereocenters. The maximum absolute atomic E-state index is 12.6. The number of fused-ring (bicyclic) bond motifs is 1. The number of carbonyl (C=O) groups is 1. The standard InChI is InChI=1S/C22H28N6O/c1-16-6-7-17(2)20(15-16)25-22(29)27-12-9-26(10-13-27)11-14-28-18(3)24-19-5-4-8-23-21(19)28/h4-8,15H,9-14H2,1-3H3,(H,25,29). The predicted octanol–water partition coefficient (Wildman–Crippen LogP) is 3.21. The Labute approximate surface area is 171 Å². The highest BCUT2D eigenvalue weighted by Crippen LogP contribution is 2.18. The molecule has 0 bridgehead atoms. The van der Waals surface area contributed by atoms with E-state index in [9.17, 15) is 4.79 Å². The number of aryl methyl sites for hydroxylation is 3. The first-order valence-corrected chi connectivity index (χ1v) is 10.1. The number of hydrogen-bond acceptors (Lipinski definition) is 4. The lowest BCUT2D eigenvalue weighted by molar-refractivity contribution is 0.144. The summed E-state index contributed by atoms with van der Waals surface area (Å²) in [5, 5.41) is 3.07. The number of amides is 2. The van der Waals surface area contributed by atoms with E-state index in [0.29, 0.717) is 0 Å². The van der Waals surface area contributed by atoms with Crippen LogP contribution in [0.3, 0.4) is 0 Å². The molecule has 1 fully saturated rings. The van der Waals surface area contributed by atoms with E-state index in [4.69, 9.17) is 0 Å². The van der Waals surface area contributed by atoms with Gasteiger partial charge in [0, 0.05) is 51.2 Å². The topological polar surface area (TPSA) is 66.3 Å². The fraction of sp³-hybridized carbons (Fsp3) is 0.409. The van der Waals surface area contributed by atoms with Crippen LogP contribution >= 0.6 is 0 Å². The SMILES string of the molecule is Cc1ccc(C)c(NC(=O)N2CCN(CCn3c(C)nc4cccnc43)CC2)c1. The molecule has 0 saturated carbocycles. The van der Waals surface area contributed by atoms with Crippen LogP contribution in [0.5, 0.6) is 0 Å². The van der Waals surface area contributed by atoms with Crippen molar-refractivity contribution >= 4 is 22.9 Å². The van der Waals surface area contributed by atoms with E-state index in [1.54, 1.807) is 0 Å². The molecule has 3 heterocycles. The molecule has 152 valence electrons. The Kier molecular flexibility index (Phi) is 5.49. The fourth-order valence-electron chi connectivity index (χ4n) is 3.82. The molecule has 1 aliphatic rings. The Balaban J connectivity index is 1.30. The minimum Gasteiger partial charge on any atom is -0.322 e. The Bertz CT molecular complexity index is 1020. The second-order valence-corrected chi connectivity index (χ2v) is 7.73. The largest absolute Gasteiger partial charge is 0.322 e. The van der Waals surface area contributed by atoms with Crippen LogP contribution in [-0.2, 0) is 6.54 Å². The normalized spacial score (nSPS) is 15.1. The molecule has 7 heteroatoms. The van der Waals surface area contributed by atoms with Gasteiger partial charge in [-0.1, -0.05) is 12.1 Å². The molecule has 0 aliphatic carbocycles. The number of benzene rings is 1. The van der Waals surface area contributed by atoms with Crippen LogP contribution in [0.1, 0.15) is 17.0 Å². The number of rotatable bonds is 4. The van der Waals surface area contributed by atoms with Crippen molar-refractivity contribution in [1.29, 1.82) is 0 Å². The summed E-state index contributed by atoms with van der Waals surface area (Å²) in [5.74, 6) is 0.991. The van der Waals surface area contributed by atoms with Crippen molar-refractivity contribution in [2.45, 2.75) is 27.3 Å². The summed E-state index contributed by atoms with van der Waals surface area (Å²) in [5.41, 5.74) is 5.01. The zero-order valence-electron chi connectivity index (χ0n) is 17.4. The summed E-state index contributed by atoms with van der Waals surface area (Å²) >= 11 is 0. The minimum absolute atomic E-state index is 0.0148. The summed E-state index contributed by atoms with van der Waals surface area (Å²) in [6.45, 7) is 11.1. The third-order valence-electron chi connectivity index (χ3n) is 5.63. The van der Waals surface area contributed by atoms with Gasteiger partial charge < -0.3 is 14.8 Å². The van der Waals surface area contributed by atoms with E-state index in [0.717, 1.165) is 73.1 Å². The van der Waals surface area contributed by atoms with Gasteiger partial charge in [-0.2, -0.15) is 0 Å². The highest BCUT2D eigenvalue weighted by Gasteiger charge is 2.21. The first-order valence-electron chi connectivity index (χ1n) is 10.1. The van der Waals surface area contributed by atoms with Gasteiger partial charge in [0.1, 0.15) is 11.3 Å². The molecule has 3 aromatic rings. The molecule has 4 rings (SSSR count). The predicted molar refractivity (Wildman–Crippen MR) is 115 cm³/mol. The molecular weight excluding hydrogens is 364 g/mol. The number of anilines is 1. The number of nitrogens with one attached hydrogen (secondary N) is 1. The van der Waals surface area contributed by atoms with Crippen molar-refractivity contribution < 1.29 is 4.79 Å². The van der Waals surface area contributed by atoms with Gasteiger partial charge in [0.2, 0.25) is 0 Å². The molecular formula is C22H28N6O. The number of urea groups is 1. The molecule has 1 aromatic carbocycles. The first-order chi connectivity index (χ1) is 14.0. The summed E-state index contributed by atoms with van der Waals surface area (Å²) in [6, 6.07) is 10.0. The van der Waals surface area contributed by atoms with Crippen LogP contribution in [0, 0.1) is 20.8 Å². The number of aromatic nitrogens is 3. The minimum atomic E-state index is -0.0148. The third-order valence-corrected chi connectivity index (χ3v) is 5.63. The Morgan fingerprint density at radius 2 is 1.86 bits per heavy atom. The van der Waals surface area contributed by atoms with Crippen LogP contribution in [0.15, 0.2) is 36.5 Å². The number of nitrogens with zero attached hydrogens (tertiary/aromatic N) is 5. The first kappa shape index (κ1) is 19.4. The fourth-order valence-corrected chi connectivity index (χ4v) is 3.82. The summed E-state index contributed by atoms with van der Waals surface area (Å²) < 4.78 is 2.18. The second kappa shape index (κ2) is 8.21. The van der Waals surface area contributed by atoms with Crippen LogP contribution < -0.4 is 5.32 Å². The lowest BCUT2D eigenvalue weighted by atomic mass is 10.1. The van der Waals surface area contributed by atoms with Crippen molar-refractivity contribution in [2.75, 3.05) is 38.0 Å². The zero-order chi connectivity index (χ0) is 20.4. The van der Waals surface area contributed by atoms with Gasteiger partial charge in [-0.05, 0) is 50.1 Å². The van der Waals surface area contributed by atoms with E-state index < -0.39 is 0 Å². The molecule has 1 aliphatic heterocycles. The van der Waals surface area contributed by atoms with Gasteiger partial charge in [0.15, 0.2) is 5.65 Å². The molecule has 1 saturated heterocycles. The molecule has 0 spiro atoms. The molecule has 2 amide bonds. The molecule has 2 aromatic heterocycles. The lowest BCUT2D eigenvalue weighted by Gasteiger charge is -2.34. The van der Waals surface area contributed by atoms with Gasteiger partial charge in [0.05, 0.1) is 0 Å². The average molecular weight is 393 g/mol. The molecule has 0 unspecified atom stereocenters. The van der Waals surface area contributed by atoms with Crippen LogP contribution in [0.2, 0.25) is 0 Å². The van der Waals surface area contributed by atoms with E-state index >= 15 is 0 Å². The van der Waals surface area contributed by atoms with Crippen LogP contribution in [0.4, 0.5) is 10.5 Å². The summed E-state index contributed by atoms with van der Waals surface area (Å²) in [4.78, 5) is 26.0. The van der Waals surface area contributed by atoms with Crippen molar-refractivity contribution in [3.05, 3.63) is 53.5 Å². The third kappa shape index (κ3) is 4.24. The van der Waals surface area contributed by atoms with E-state index in [2.05, 4.69) is 30.8 Å². The van der Waals surface area contributed by atoms with Gasteiger partial charge in [-0.25, -0.2) is 14.8 Å². The number of carbonyl (C=O) groups excluding carboxylic acids is 1. The molecule has 7 nitrogen and oxygen atoms in total. The quantitative estimate of drug-likeness (QED) is 0.740. The monoisotopic (exact) mass is 392 g/mol. The van der Waals surface area contributed by atoms with Gasteiger partial charge >= 0.3 is 6.03 Å². The highest BCUT2D eigenvalue weighted by molar-refractivity contribution is 5.90. The zero-order valence-corrected chi connectivity index (χ0v) is 17.4. The second-order valence-electron chi connectivity index (χ2n) is 7.73. The van der Waals surface area contributed by atoms with Crippen molar-refractivity contribution in [3.8, 4) is 0 Å². The van der Waals surface area contributed by atoms with Crippen LogP contribution in [0.25, 0.3) is 11.2 Å². The Morgan fingerprint density at radius 1 is 1.07 bits per heavy atom. The van der Waals surface area contributed by atoms with Crippen molar-refractivity contribution in [1.82, 2.24) is 24.3 Å². The van der Waals surface area contributed by atoms with E-state index in [1.165, 1.54) is 0 Å². The summed E-state index contributed by atoms with van der Waals surface area (Å²) in [7, 11) is 0. The average Bonchev–Trinajstić information content (AvgIpc) is 3.04. The maximum atomic E-state index is 12.6. The van der Waals surface area contributed by atoms with E-state index in [1.807, 2.05) is 56.1 Å². The van der Waals surface area contributed by atoms with Crippen molar-refractivity contribution in [2.24, 2.45) is 0 Å². The van der Waals surface area contributed by atoms with Gasteiger partial charge in [0.25, 0.3) is 0 Å². The Morgan fingerprint density at radius 3 is 2.66 bits per heavy atom. The van der Waals surface area contributed by atoms with Crippen LogP contribution in [-0.4, -0.2) is 63.1 Å².